The van der Waals surface area contributed by atoms with E-state index >= 15 is 0 Å². The number of nitrogens with two attached hydrogens (primary N) is 1. The Labute approximate surface area is 135 Å². The van der Waals surface area contributed by atoms with Gasteiger partial charge in [0, 0.05) is 22.5 Å². The average molecular weight is 350 g/mol. The van der Waals surface area contributed by atoms with Gasteiger partial charge in [-0.3, -0.25) is 0 Å². The van der Waals surface area contributed by atoms with Crippen LogP contribution in [0.2, 0.25) is 0 Å². The third kappa shape index (κ3) is 3.31. The minimum absolute atomic E-state index is 0.351. The normalized spacial score (nSPS) is 11.6. The highest BCUT2D eigenvalue weighted by molar-refractivity contribution is 9.10. The van der Waals surface area contributed by atoms with E-state index in [0.717, 1.165) is 33.9 Å². The molecule has 1 aromatic heterocycles. The van der Waals surface area contributed by atoms with Crippen LogP contribution in [0.3, 0.4) is 0 Å². The molecule has 0 unspecified atom stereocenters. The van der Waals surface area contributed by atoms with Crippen LogP contribution in [0.15, 0.2) is 22.7 Å². The standard InChI is InChI=1S/C17H24BrN3/c1-10(2)9-21-16(19)15(20-17(21)11(3)4)13-7-6-12(5)8-14(13)18/h6-8,10-11H,9,19H2,1-5H3. The summed E-state index contributed by atoms with van der Waals surface area (Å²) in [5.74, 6) is 2.71. The number of hydrogen-bond donors (Lipinski definition) is 1. The second kappa shape index (κ2) is 6.22. The van der Waals surface area contributed by atoms with E-state index in [9.17, 15) is 0 Å². The Hall–Kier alpha value is -1.29. The Kier molecular flexibility index (Phi) is 4.77. The summed E-state index contributed by atoms with van der Waals surface area (Å²) in [5, 5.41) is 0. The Morgan fingerprint density at radius 1 is 1.24 bits per heavy atom. The van der Waals surface area contributed by atoms with Crippen molar-refractivity contribution in [3.05, 3.63) is 34.1 Å². The van der Waals surface area contributed by atoms with Crippen molar-refractivity contribution in [2.45, 2.75) is 47.1 Å². The van der Waals surface area contributed by atoms with E-state index < -0.39 is 0 Å². The molecular weight excluding hydrogens is 326 g/mol. The van der Waals surface area contributed by atoms with Crippen LogP contribution in [0.25, 0.3) is 11.3 Å². The minimum atomic E-state index is 0.351. The Balaban J connectivity index is 2.59. The van der Waals surface area contributed by atoms with E-state index in [-0.39, 0.29) is 0 Å². The molecule has 2 rings (SSSR count). The summed E-state index contributed by atoms with van der Waals surface area (Å²) in [6.07, 6.45) is 0. The molecule has 2 aromatic rings. The van der Waals surface area contributed by atoms with Gasteiger partial charge in [0.2, 0.25) is 0 Å². The van der Waals surface area contributed by atoms with Gasteiger partial charge in [0.05, 0.1) is 0 Å². The summed E-state index contributed by atoms with van der Waals surface area (Å²) in [7, 11) is 0. The van der Waals surface area contributed by atoms with Gasteiger partial charge in [0.15, 0.2) is 0 Å². The maximum atomic E-state index is 6.41. The molecule has 0 fully saturated rings. The van der Waals surface area contributed by atoms with Crippen molar-refractivity contribution in [1.82, 2.24) is 9.55 Å². The van der Waals surface area contributed by atoms with E-state index in [1.165, 1.54) is 5.56 Å². The van der Waals surface area contributed by atoms with Crippen molar-refractivity contribution in [2.75, 3.05) is 5.73 Å². The maximum absolute atomic E-state index is 6.41. The SMILES string of the molecule is Cc1ccc(-c2nc(C(C)C)n(CC(C)C)c2N)c(Br)c1. The van der Waals surface area contributed by atoms with Crippen molar-refractivity contribution < 1.29 is 0 Å². The summed E-state index contributed by atoms with van der Waals surface area (Å²) >= 11 is 3.63. The second-order valence-corrected chi connectivity index (χ2v) is 7.20. The highest BCUT2D eigenvalue weighted by atomic mass is 79.9. The number of hydrogen-bond acceptors (Lipinski definition) is 2. The van der Waals surface area contributed by atoms with Crippen molar-refractivity contribution in [3.63, 3.8) is 0 Å². The quantitative estimate of drug-likeness (QED) is 0.845. The predicted molar refractivity (Wildman–Crippen MR) is 93.4 cm³/mol. The number of aryl methyl sites for hydroxylation is 1. The molecule has 0 amide bonds. The number of anilines is 1. The number of aromatic nitrogens is 2. The van der Waals surface area contributed by atoms with Crippen LogP contribution in [0.1, 0.15) is 45.0 Å². The van der Waals surface area contributed by atoms with E-state index in [1.54, 1.807) is 0 Å². The Morgan fingerprint density at radius 3 is 2.43 bits per heavy atom. The second-order valence-electron chi connectivity index (χ2n) is 6.35. The van der Waals surface area contributed by atoms with Crippen molar-refractivity contribution in [1.29, 1.82) is 0 Å². The lowest BCUT2D eigenvalue weighted by Crippen LogP contribution is -2.12. The molecular formula is C17H24BrN3. The van der Waals surface area contributed by atoms with Gasteiger partial charge in [-0.25, -0.2) is 4.98 Å². The van der Waals surface area contributed by atoms with Gasteiger partial charge in [-0.2, -0.15) is 0 Å². The third-order valence-electron chi connectivity index (χ3n) is 3.48. The fourth-order valence-electron chi connectivity index (χ4n) is 2.49. The predicted octanol–water partition coefficient (Wildman–Crippen LogP) is 4.98. The summed E-state index contributed by atoms with van der Waals surface area (Å²) in [5.41, 5.74) is 9.56. The third-order valence-corrected chi connectivity index (χ3v) is 4.14. The monoisotopic (exact) mass is 349 g/mol. The van der Waals surface area contributed by atoms with Crippen molar-refractivity contribution in [2.24, 2.45) is 5.92 Å². The van der Waals surface area contributed by atoms with Crippen molar-refractivity contribution in [3.8, 4) is 11.3 Å². The van der Waals surface area contributed by atoms with Gasteiger partial charge in [-0.1, -0.05) is 55.8 Å². The molecule has 1 heterocycles. The first-order valence-corrected chi connectivity index (χ1v) is 8.23. The van der Waals surface area contributed by atoms with Crippen LogP contribution >= 0.6 is 15.9 Å². The summed E-state index contributed by atoms with van der Waals surface area (Å²) in [6.45, 7) is 11.7. The van der Waals surface area contributed by atoms with E-state index in [1.807, 2.05) is 0 Å². The zero-order valence-electron chi connectivity index (χ0n) is 13.4. The molecule has 0 saturated heterocycles. The molecule has 0 spiro atoms. The molecule has 114 valence electrons. The molecule has 0 atom stereocenters. The molecule has 21 heavy (non-hydrogen) atoms. The molecule has 0 aliphatic heterocycles. The first-order valence-electron chi connectivity index (χ1n) is 7.43. The minimum Gasteiger partial charge on any atom is -0.383 e. The number of rotatable bonds is 4. The average Bonchev–Trinajstić information content (AvgIpc) is 2.67. The number of imidazole rings is 1. The van der Waals surface area contributed by atoms with Crippen molar-refractivity contribution >= 4 is 21.7 Å². The molecule has 4 heteroatoms. The smallest absolute Gasteiger partial charge is 0.131 e. The number of nitrogens with zero attached hydrogens (tertiary/aromatic N) is 2. The zero-order valence-corrected chi connectivity index (χ0v) is 15.0. The molecule has 0 bridgehead atoms. The highest BCUT2D eigenvalue weighted by Crippen LogP contribution is 2.34. The van der Waals surface area contributed by atoms with E-state index in [2.05, 4.69) is 73.3 Å². The highest BCUT2D eigenvalue weighted by Gasteiger charge is 2.20. The maximum Gasteiger partial charge on any atom is 0.131 e. The van der Waals surface area contributed by atoms with Crippen LogP contribution in [-0.2, 0) is 6.54 Å². The summed E-state index contributed by atoms with van der Waals surface area (Å²) in [6, 6.07) is 6.28. The molecule has 0 aliphatic carbocycles. The molecule has 0 saturated carbocycles. The number of halogens is 1. The van der Waals surface area contributed by atoms with E-state index in [4.69, 9.17) is 10.7 Å². The molecule has 2 N–H and O–H groups in total. The summed E-state index contributed by atoms with van der Waals surface area (Å²) < 4.78 is 3.20. The molecule has 0 radical (unpaired) electrons. The van der Waals surface area contributed by atoms with Crippen LogP contribution in [0, 0.1) is 12.8 Å². The lowest BCUT2D eigenvalue weighted by molar-refractivity contribution is 0.502. The Morgan fingerprint density at radius 2 is 1.90 bits per heavy atom. The first kappa shape index (κ1) is 16.1. The summed E-state index contributed by atoms with van der Waals surface area (Å²) in [4.78, 5) is 4.83. The molecule has 0 aliphatic rings. The van der Waals surface area contributed by atoms with Gasteiger partial charge in [-0.15, -0.1) is 0 Å². The van der Waals surface area contributed by atoms with Crippen LogP contribution in [0.4, 0.5) is 5.82 Å². The van der Waals surface area contributed by atoms with Gasteiger partial charge in [0.1, 0.15) is 17.3 Å². The van der Waals surface area contributed by atoms with Crippen LogP contribution in [0.5, 0.6) is 0 Å². The van der Waals surface area contributed by atoms with Gasteiger partial charge in [-0.05, 0) is 24.5 Å². The first-order chi connectivity index (χ1) is 9.81. The Bertz CT molecular complexity index is 642. The van der Waals surface area contributed by atoms with Crippen LogP contribution < -0.4 is 5.73 Å². The fourth-order valence-corrected chi connectivity index (χ4v) is 3.17. The largest absolute Gasteiger partial charge is 0.383 e. The van der Waals surface area contributed by atoms with E-state index in [0.29, 0.717) is 11.8 Å². The molecule has 3 nitrogen and oxygen atoms in total. The van der Waals surface area contributed by atoms with Gasteiger partial charge >= 0.3 is 0 Å². The van der Waals surface area contributed by atoms with Gasteiger partial charge < -0.3 is 10.3 Å². The lowest BCUT2D eigenvalue weighted by Gasteiger charge is -2.14. The number of nitrogen functional groups attached to an aromatic ring is 1. The lowest BCUT2D eigenvalue weighted by atomic mass is 10.1. The molecule has 1 aromatic carbocycles. The van der Waals surface area contributed by atoms with Gasteiger partial charge in [0.25, 0.3) is 0 Å². The topological polar surface area (TPSA) is 43.8 Å². The fraction of sp³-hybridized carbons (Fsp3) is 0.471. The zero-order chi connectivity index (χ0) is 15.7. The number of benzene rings is 1. The van der Waals surface area contributed by atoms with Crippen LogP contribution in [-0.4, -0.2) is 9.55 Å².